The Kier molecular flexibility index (Phi) is 2.40. The molecule has 0 radical (unpaired) electrons. The van der Waals surface area contributed by atoms with Gasteiger partial charge in [-0.25, -0.2) is 9.97 Å². The molecule has 1 aromatic rings. The minimum Gasteiger partial charge on any atom is -0.338 e. The number of thioether (sulfide) groups is 1. The van der Waals surface area contributed by atoms with Gasteiger partial charge in [0.15, 0.2) is 0 Å². The largest absolute Gasteiger partial charge is 0.338 e. The first-order chi connectivity index (χ1) is 6.31. The fourth-order valence-corrected chi connectivity index (χ4v) is 1.69. The minimum atomic E-state index is 0.611. The number of anilines is 1. The Labute approximate surface area is 82.6 Å². The first-order valence-corrected chi connectivity index (χ1v) is 5.66. The van der Waals surface area contributed by atoms with E-state index in [-0.39, 0.29) is 0 Å². The van der Waals surface area contributed by atoms with Crippen LogP contribution in [0.15, 0.2) is 17.3 Å². The van der Waals surface area contributed by atoms with E-state index in [1.807, 2.05) is 18.6 Å². The summed E-state index contributed by atoms with van der Waals surface area (Å²) in [6, 6.07) is 0.611. The lowest BCUT2D eigenvalue weighted by Crippen LogP contribution is -2.46. The Hall–Kier alpha value is -0.770. The Morgan fingerprint density at radius 1 is 1.46 bits per heavy atom. The molecule has 1 aliphatic heterocycles. The monoisotopic (exact) mass is 195 g/mol. The van der Waals surface area contributed by atoms with Gasteiger partial charge in [0.2, 0.25) is 5.95 Å². The van der Waals surface area contributed by atoms with Crippen molar-refractivity contribution in [3.8, 4) is 0 Å². The van der Waals surface area contributed by atoms with Crippen molar-refractivity contribution < 1.29 is 0 Å². The SMILES string of the molecule is CSc1cnc(N2CCC2C)nc1. The van der Waals surface area contributed by atoms with E-state index < -0.39 is 0 Å². The predicted molar refractivity (Wildman–Crippen MR) is 55.2 cm³/mol. The molecule has 1 fully saturated rings. The van der Waals surface area contributed by atoms with E-state index in [1.54, 1.807) is 11.8 Å². The molecular formula is C9H13N3S. The molecule has 0 bridgehead atoms. The molecule has 70 valence electrons. The zero-order chi connectivity index (χ0) is 9.26. The summed E-state index contributed by atoms with van der Waals surface area (Å²) < 4.78 is 0. The molecule has 13 heavy (non-hydrogen) atoms. The van der Waals surface area contributed by atoms with Crippen LogP contribution in [0.25, 0.3) is 0 Å². The zero-order valence-electron chi connectivity index (χ0n) is 7.90. The normalized spacial score (nSPS) is 21.4. The van der Waals surface area contributed by atoms with Gasteiger partial charge in [-0.05, 0) is 19.6 Å². The summed E-state index contributed by atoms with van der Waals surface area (Å²) in [5.41, 5.74) is 0. The maximum Gasteiger partial charge on any atom is 0.225 e. The van der Waals surface area contributed by atoms with Gasteiger partial charge in [0.1, 0.15) is 0 Å². The van der Waals surface area contributed by atoms with Crippen LogP contribution in [0.5, 0.6) is 0 Å². The van der Waals surface area contributed by atoms with Crippen LogP contribution in [0.4, 0.5) is 5.95 Å². The van der Waals surface area contributed by atoms with Crippen LogP contribution in [-0.2, 0) is 0 Å². The molecule has 0 spiro atoms. The lowest BCUT2D eigenvalue weighted by molar-refractivity contribution is 0.470. The van der Waals surface area contributed by atoms with Crippen molar-refractivity contribution in [3.05, 3.63) is 12.4 Å². The van der Waals surface area contributed by atoms with Crippen molar-refractivity contribution in [2.75, 3.05) is 17.7 Å². The second-order valence-corrected chi connectivity index (χ2v) is 4.13. The number of rotatable bonds is 2. The highest BCUT2D eigenvalue weighted by Crippen LogP contribution is 2.23. The number of hydrogen-bond acceptors (Lipinski definition) is 4. The van der Waals surface area contributed by atoms with Gasteiger partial charge < -0.3 is 4.90 Å². The van der Waals surface area contributed by atoms with Crippen LogP contribution in [0.1, 0.15) is 13.3 Å². The lowest BCUT2D eigenvalue weighted by Gasteiger charge is -2.38. The Morgan fingerprint density at radius 2 is 2.15 bits per heavy atom. The molecule has 2 heterocycles. The van der Waals surface area contributed by atoms with Gasteiger partial charge in [0.05, 0.1) is 0 Å². The van der Waals surface area contributed by atoms with Gasteiger partial charge in [-0.15, -0.1) is 11.8 Å². The Balaban J connectivity index is 2.13. The van der Waals surface area contributed by atoms with Crippen LogP contribution in [0.3, 0.4) is 0 Å². The summed E-state index contributed by atoms with van der Waals surface area (Å²) in [5, 5.41) is 0. The van der Waals surface area contributed by atoms with Crippen molar-refractivity contribution in [2.45, 2.75) is 24.3 Å². The fraction of sp³-hybridized carbons (Fsp3) is 0.556. The maximum atomic E-state index is 4.32. The predicted octanol–water partition coefficient (Wildman–Crippen LogP) is 1.80. The van der Waals surface area contributed by atoms with E-state index in [0.29, 0.717) is 6.04 Å². The standard InChI is InChI=1S/C9H13N3S/c1-7-3-4-12(7)9-10-5-8(13-2)6-11-9/h5-7H,3-4H2,1-2H3. The second-order valence-electron chi connectivity index (χ2n) is 3.25. The Bertz CT molecular complexity index is 285. The third-order valence-electron chi connectivity index (χ3n) is 2.43. The van der Waals surface area contributed by atoms with Crippen LogP contribution >= 0.6 is 11.8 Å². The van der Waals surface area contributed by atoms with Crippen molar-refractivity contribution in [3.63, 3.8) is 0 Å². The minimum absolute atomic E-state index is 0.611. The second kappa shape index (κ2) is 3.54. The third-order valence-corrected chi connectivity index (χ3v) is 3.11. The summed E-state index contributed by atoms with van der Waals surface area (Å²) in [5.74, 6) is 0.872. The van der Waals surface area contributed by atoms with E-state index in [2.05, 4.69) is 21.8 Å². The molecule has 0 aliphatic carbocycles. The molecule has 0 amide bonds. The average Bonchev–Trinajstić information content (AvgIpc) is 2.17. The molecule has 1 unspecified atom stereocenters. The molecule has 1 aliphatic rings. The van der Waals surface area contributed by atoms with Gasteiger partial charge in [-0.2, -0.15) is 0 Å². The highest BCUT2D eigenvalue weighted by Gasteiger charge is 2.25. The molecular weight excluding hydrogens is 182 g/mol. The topological polar surface area (TPSA) is 29.0 Å². The first-order valence-electron chi connectivity index (χ1n) is 4.44. The van der Waals surface area contributed by atoms with Gasteiger partial charge in [0.25, 0.3) is 0 Å². The molecule has 1 saturated heterocycles. The molecule has 3 nitrogen and oxygen atoms in total. The summed E-state index contributed by atoms with van der Waals surface area (Å²) in [6.07, 6.45) is 7.06. The molecule has 0 aromatic carbocycles. The summed E-state index contributed by atoms with van der Waals surface area (Å²) in [7, 11) is 0. The van der Waals surface area contributed by atoms with Crippen molar-refractivity contribution in [2.24, 2.45) is 0 Å². The molecule has 1 aromatic heterocycles. The highest BCUT2D eigenvalue weighted by atomic mass is 32.2. The van der Waals surface area contributed by atoms with E-state index in [4.69, 9.17) is 0 Å². The molecule has 4 heteroatoms. The fourth-order valence-electron chi connectivity index (χ4n) is 1.38. The van der Waals surface area contributed by atoms with Gasteiger partial charge in [-0.3, -0.25) is 0 Å². The summed E-state index contributed by atoms with van der Waals surface area (Å²) >= 11 is 1.67. The van der Waals surface area contributed by atoms with E-state index in [0.717, 1.165) is 17.4 Å². The van der Waals surface area contributed by atoms with Crippen molar-refractivity contribution in [1.29, 1.82) is 0 Å². The van der Waals surface area contributed by atoms with Gasteiger partial charge >= 0.3 is 0 Å². The van der Waals surface area contributed by atoms with Crippen LogP contribution in [-0.4, -0.2) is 28.8 Å². The maximum absolute atomic E-state index is 4.32. The van der Waals surface area contributed by atoms with Crippen LogP contribution in [0.2, 0.25) is 0 Å². The first kappa shape index (κ1) is 8.81. The number of nitrogens with zero attached hydrogens (tertiary/aromatic N) is 3. The van der Waals surface area contributed by atoms with Crippen LogP contribution in [0, 0.1) is 0 Å². The van der Waals surface area contributed by atoms with Crippen molar-refractivity contribution >= 4 is 17.7 Å². The van der Waals surface area contributed by atoms with Gasteiger partial charge in [0, 0.05) is 29.9 Å². The highest BCUT2D eigenvalue weighted by molar-refractivity contribution is 7.98. The molecule has 1 atom stereocenters. The number of hydrogen-bond donors (Lipinski definition) is 0. The average molecular weight is 195 g/mol. The van der Waals surface area contributed by atoms with E-state index in [1.165, 1.54) is 6.42 Å². The third kappa shape index (κ3) is 1.63. The smallest absolute Gasteiger partial charge is 0.225 e. The quantitative estimate of drug-likeness (QED) is 0.673. The summed E-state index contributed by atoms with van der Waals surface area (Å²) in [6.45, 7) is 3.30. The Morgan fingerprint density at radius 3 is 2.54 bits per heavy atom. The number of aromatic nitrogens is 2. The zero-order valence-corrected chi connectivity index (χ0v) is 8.71. The van der Waals surface area contributed by atoms with Crippen LogP contribution < -0.4 is 4.90 Å². The molecule has 0 saturated carbocycles. The van der Waals surface area contributed by atoms with E-state index in [9.17, 15) is 0 Å². The lowest BCUT2D eigenvalue weighted by atomic mass is 10.1. The molecule has 2 rings (SSSR count). The van der Waals surface area contributed by atoms with Gasteiger partial charge in [-0.1, -0.05) is 0 Å². The van der Waals surface area contributed by atoms with Crippen molar-refractivity contribution in [1.82, 2.24) is 9.97 Å². The summed E-state index contributed by atoms with van der Waals surface area (Å²) in [4.78, 5) is 12.0. The molecule has 0 N–H and O–H groups in total. The van der Waals surface area contributed by atoms with E-state index >= 15 is 0 Å².